The first-order valence-corrected chi connectivity index (χ1v) is 6.58. The lowest BCUT2D eigenvalue weighted by Gasteiger charge is -2.47. The van der Waals surface area contributed by atoms with Crippen LogP contribution in [0.5, 0.6) is 0 Å². The van der Waals surface area contributed by atoms with Crippen molar-refractivity contribution < 1.29 is 44.2 Å². The van der Waals surface area contributed by atoms with Crippen LogP contribution >= 0.6 is 0 Å². The molecule has 0 radical (unpaired) electrons. The van der Waals surface area contributed by atoms with Gasteiger partial charge < -0.3 is 35.6 Å². The number of carboxylic acids is 1. The fourth-order valence-corrected chi connectivity index (χ4v) is 2.36. The largest absolute Gasteiger partial charge is 0.477 e. The molecule has 7 atom stereocenters. The van der Waals surface area contributed by atoms with E-state index < -0.39 is 60.7 Å². The zero-order chi connectivity index (χ0) is 17.2. The van der Waals surface area contributed by atoms with Gasteiger partial charge in [-0.05, 0) is 0 Å². The zero-order valence-electron chi connectivity index (χ0n) is 12.0. The minimum Gasteiger partial charge on any atom is -0.477 e. The van der Waals surface area contributed by atoms with Gasteiger partial charge in [0.05, 0.1) is 24.7 Å². The van der Waals surface area contributed by atoms with Crippen LogP contribution in [0.25, 0.3) is 0 Å². The van der Waals surface area contributed by atoms with Gasteiger partial charge in [0.25, 0.3) is 0 Å². The SMILES string of the molecule is CC(=O)NC1C(O)C(C)C(F)(C(=O)O)OC1[C@H](O)[C@H](O)CO. The van der Waals surface area contributed by atoms with Gasteiger partial charge in [0, 0.05) is 6.92 Å². The molecule has 6 N–H and O–H groups in total. The highest BCUT2D eigenvalue weighted by atomic mass is 19.2. The van der Waals surface area contributed by atoms with E-state index in [1.54, 1.807) is 0 Å². The van der Waals surface area contributed by atoms with Gasteiger partial charge in [-0.3, -0.25) is 4.79 Å². The molecule has 22 heavy (non-hydrogen) atoms. The first-order chi connectivity index (χ1) is 10.1. The molecule has 1 rings (SSSR count). The third kappa shape index (κ3) is 3.36. The van der Waals surface area contributed by atoms with Gasteiger partial charge >= 0.3 is 11.8 Å². The van der Waals surface area contributed by atoms with Crippen molar-refractivity contribution in [1.29, 1.82) is 0 Å². The summed E-state index contributed by atoms with van der Waals surface area (Å²) < 4.78 is 19.2. The van der Waals surface area contributed by atoms with E-state index in [1.165, 1.54) is 0 Å². The van der Waals surface area contributed by atoms with E-state index in [2.05, 4.69) is 5.32 Å². The van der Waals surface area contributed by atoms with E-state index in [0.29, 0.717) is 0 Å². The van der Waals surface area contributed by atoms with Crippen molar-refractivity contribution in [2.45, 2.75) is 50.2 Å². The van der Waals surface area contributed by atoms with Gasteiger partial charge in [-0.25, -0.2) is 4.79 Å². The maximum Gasteiger partial charge on any atom is 0.369 e. The molecule has 0 spiro atoms. The van der Waals surface area contributed by atoms with E-state index in [4.69, 9.17) is 14.9 Å². The smallest absolute Gasteiger partial charge is 0.369 e. The topological polar surface area (TPSA) is 157 Å². The van der Waals surface area contributed by atoms with Crippen LogP contribution in [-0.2, 0) is 14.3 Å². The molecule has 1 aliphatic rings. The fraction of sp³-hybridized carbons (Fsp3) is 0.833. The predicted molar refractivity (Wildman–Crippen MR) is 68.2 cm³/mol. The van der Waals surface area contributed by atoms with Crippen LogP contribution in [0.3, 0.4) is 0 Å². The van der Waals surface area contributed by atoms with Crippen molar-refractivity contribution in [1.82, 2.24) is 5.32 Å². The van der Waals surface area contributed by atoms with Gasteiger partial charge in [-0.15, -0.1) is 0 Å². The molecule has 1 heterocycles. The maximum absolute atomic E-state index is 14.5. The minimum absolute atomic E-state index is 0.641. The number of halogens is 1. The summed E-state index contributed by atoms with van der Waals surface area (Å²) in [6.45, 7) is 1.25. The summed E-state index contributed by atoms with van der Waals surface area (Å²) in [5.74, 6) is -7.54. The van der Waals surface area contributed by atoms with Crippen LogP contribution in [0.15, 0.2) is 0 Å². The first-order valence-electron chi connectivity index (χ1n) is 6.58. The Hall–Kier alpha value is -1.33. The minimum atomic E-state index is -3.32. The quantitative estimate of drug-likeness (QED) is 0.320. The van der Waals surface area contributed by atoms with Gasteiger partial charge in [-0.2, -0.15) is 4.39 Å². The molecule has 1 amide bonds. The molecular weight excluding hydrogens is 305 g/mol. The Balaban J connectivity index is 3.19. The van der Waals surface area contributed by atoms with Gasteiger partial charge in [0.1, 0.15) is 18.3 Å². The molecule has 0 aromatic heterocycles. The van der Waals surface area contributed by atoms with E-state index in [-0.39, 0.29) is 0 Å². The van der Waals surface area contributed by atoms with Crippen molar-refractivity contribution in [3.63, 3.8) is 0 Å². The van der Waals surface area contributed by atoms with Crippen LogP contribution in [0, 0.1) is 5.92 Å². The lowest BCUT2D eigenvalue weighted by atomic mass is 9.82. The number of nitrogens with one attached hydrogen (secondary N) is 1. The van der Waals surface area contributed by atoms with Crippen molar-refractivity contribution in [2.24, 2.45) is 5.92 Å². The average molecular weight is 325 g/mol. The molecule has 1 aliphatic heterocycles. The molecule has 128 valence electrons. The van der Waals surface area contributed by atoms with Crippen molar-refractivity contribution >= 4 is 11.9 Å². The zero-order valence-corrected chi connectivity index (χ0v) is 12.0. The molecule has 0 aromatic rings. The van der Waals surface area contributed by atoms with E-state index in [1.807, 2.05) is 0 Å². The second-order valence-electron chi connectivity index (χ2n) is 5.28. The van der Waals surface area contributed by atoms with Crippen LogP contribution in [0.4, 0.5) is 4.39 Å². The lowest BCUT2D eigenvalue weighted by molar-refractivity contribution is -0.289. The monoisotopic (exact) mass is 325 g/mol. The van der Waals surface area contributed by atoms with Crippen LogP contribution < -0.4 is 5.32 Å². The maximum atomic E-state index is 14.5. The number of hydrogen-bond acceptors (Lipinski definition) is 7. The number of carboxylic acid groups (broad SMARTS) is 1. The summed E-state index contributed by atoms with van der Waals surface area (Å²) in [5.41, 5.74) is 0. The number of hydrogen-bond donors (Lipinski definition) is 6. The Morgan fingerprint density at radius 1 is 1.41 bits per heavy atom. The van der Waals surface area contributed by atoms with Gasteiger partial charge in [-0.1, -0.05) is 6.92 Å². The Morgan fingerprint density at radius 2 is 1.95 bits per heavy atom. The highest BCUT2D eigenvalue weighted by molar-refractivity contribution is 5.77. The second kappa shape index (κ2) is 6.84. The molecule has 5 unspecified atom stereocenters. The molecule has 1 saturated heterocycles. The Morgan fingerprint density at radius 3 is 2.36 bits per heavy atom. The van der Waals surface area contributed by atoms with Crippen LogP contribution in [-0.4, -0.2) is 80.3 Å². The summed E-state index contributed by atoms with van der Waals surface area (Å²) in [5, 5.41) is 49.4. The summed E-state index contributed by atoms with van der Waals surface area (Å²) in [4.78, 5) is 22.3. The summed E-state index contributed by atoms with van der Waals surface area (Å²) in [6, 6.07) is -1.37. The van der Waals surface area contributed by atoms with E-state index in [9.17, 15) is 29.3 Å². The normalized spacial score (nSPS) is 38.1. The molecule has 1 fully saturated rings. The molecule has 0 bridgehead atoms. The standard InChI is InChI=1S/C12H20FNO8/c1-4-8(18)7(14-5(2)16)10(9(19)6(17)3-15)22-12(4,13)11(20)21/h4,6-10,15,17-19H,3H2,1-2H3,(H,14,16)(H,20,21)/t4?,6-,7?,8?,9-,10?,12?/m1/s1. The number of amides is 1. The number of ether oxygens (including phenoxy) is 1. The Bertz CT molecular complexity index is 435. The lowest BCUT2D eigenvalue weighted by Crippen LogP contribution is -2.69. The van der Waals surface area contributed by atoms with Crippen molar-refractivity contribution in [3.8, 4) is 0 Å². The average Bonchev–Trinajstić information content (AvgIpc) is 2.45. The van der Waals surface area contributed by atoms with Crippen molar-refractivity contribution in [2.75, 3.05) is 6.61 Å². The summed E-state index contributed by atoms with van der Waals surface area (Å²) in [6.07, 6.45) is -7.19. The third-order valence-corrected chi connectivity index (χ3v) is 3.71. The van der Waals surface area contributed by atoms with Crippen molar-refractivity contribution in [3.05, 3.63) is 0 Å². The van der Waals surface area contributed by atoms with Crippen LogP contribution in [0.1, 0.15) is 13.8 Å². The molecule has 0 aromatic carbocycles. The number of alkyl halides is 1. The molecule has 9 nitrogen and oxygen atoms in total. The second-order valence-corrected chi connectivity index (χ2v) is 5.28. The highest BCUT2D eigenvalue weighted by Gasteiger charge is 2.59. The van der Waals surface area contributed by atoms with Gasteiger partial charge in [0.2, 0.25) is 5.91 Å². The highest BCUT2D eigenvalue weighted by Crippen LogP contribution is 2.37. The number of aliphatic hydroxyl groups is 4. The number of aliphatic carboxylic acids is 1. The Kier molecular flexibility index (Phi) is 5.82. The number of carbonyl (C=O) groups is 2. The van der Waals surface area contributed by atoms with E-state index >= 15 is 0 Å². The molecule has 10 heteroatoms. The number of aliphatic hydroxyl groups excluding tert-OH is 4. The fourth-order valence-electron chi connectivity index (χ4n) is 2.36. The Labute approximate surface area is 125 Å². The predicted octanol–water partition coefficient (Wildman–Crippen LogP) is -2.65. The first kappa shape index (κ1) is 18.7. The van der Waals surface area contributed by atoms with Gasteiger partial charge in [0.15, 0.2) is 0 Å². The number of carbonyl (C=O) groups excluding carboxylic acids is 1. The summed E-state index contributed by atoms with van der Waals surface area (Å²) >= 11 is 0. The molecule has 0 saturated carbocycles. The third-order valence-electron chi connectivity index (χ3n) is 3.71. The molecular formula is C12H20FNO8. The van der Waals surface area contributed by atoms with Crippen LogP contribution in [0.2, 0.25) is 0 Å². The van der Waals surface area contributed by atoms with E-state index in [0.717, 1.165) is 13.8 Å². The number of rotatable bonds is 5. The summed E-state index contributed by atoms with van der Waals surface area (Å²) in [7, 11) is 0. The molecule has 0 aliphatic carbocycles.